The summed E-state index contributed by atoms with van der Waals surface area (Å²) in [6.45, 7) is 2.05. The zero-order valence-electron chi connectivity index (χ0n) is 7.93. The minimum absolute atomic E-state index is 0.232. The molecule has 0 amide bonds. The molecule has 1 rings (SSSR count). The molecule has 14 heavy (non-hydrogen) atoms. The van der Waals surface area contributed by atoms with Gasteiger partial charge >= 0.3 is 0 Å². The van der Waals surface area contributed by atoms with Gasteiger partial charge in [-0.15, -0.1) is 11.6 Å². The normalized spacial score (nSPS) is 11.8. The van der Waals surface area contributed by atoms with Crippen molar-refractivity contribution in [3.8, 4) is 0 Å². The van der Waals surface area contributed by atoms with E-state index in [-0.39, 0.29) is 5.88 Å². The number of amidine groups is 1. The van der Waals surface area contributed by atoms with Crippen LogP contribution >= 0.6 is 23.2 Å². The maximum absolute atomic E-state index is 5.86. The molecular formula is C10H12Cl2N2. The van der Waals surface area contributed by atoms with Gasteiger partial charge in [0, 0.05) is 5.02 Å². The highest BCUT2D eigenvalue weighted by Crippen LogP contribution is 2.24. The first-order chi connectivity index (χ1) is 6.67. The van der Waals surface area contributed by atoms with Gasteiger partial charge in [0.1, 0.15) is 5.84 Å². The van der Waals surface area contributed by atoms with E-state index in [1.165, 1.54) is 0 Å². The van der Waals surface area contributed by atoms with E-state index in [9.17, 15) is 0 Å². The highest BCUT2D eigenvalue weighted by molar-refractivity contribution is 6.31. The minimum atomic E-state index is 0.232. The first kappa shape index (κ1) is 11.3. The Morgan fingerprint density at radius 1 is 1.50 bits per heavy atom. The number of halogens is 2. The van der Waals surface area contributed by atoms with Gasteiger partial charge in [-0.1, -0.05) is 24.6 Å². The van der Waals surface area contributed by atoms with Gasteiger partial charge < -0.3 is 5.73 Å². The summed E-state index contributed by atoms with van der Waals surface area (Å²) in [5, 5.41) is 0.656. The lowest BCUT2D eigenvalue weighted by Crippen LogP contribution is -2.12. The van der Waals surface area contributed by atoms with E-state index in [0.29, 0.717) is 10.9 Å². The standard InChI is InChI=1S/C10H12Cl2N2/c1-2-7-3-4-8(12)5-9(7)14-10(13)6-11/h3-5H,2,6H2,1H3,(H2,13,14). The summed E-state index contributed by atoms with van der Waals surface area (Å²) in [5.74, 6) is 0.638. The van der Waals surface area contributed by atoms with Crippen LogP contribution in [0.5, 0.6) is 0 Å². The van der Waals surface area contributed by atoms with Crippen LogP contribution in [0.4, 0.5) is 5.69 Å². The first-order valence-corrected chi connectivity index (χ1v) is 5.26. The van der Waals surface area contributed by atoms with Crippen molar-refractivity contribution in [3.05, 3.63) is 28.8 Å². The van der Waals surface area contributed by atoms with Crippen LogP contribution in [0.3, 0.4) is 0 Å². The predicted molar refractivity (Wildman–Crippen MR) is 62.8 cm³/mol. The zero-order chi connectivity index (χ0) is 10.6. The summed E-state index contributed by atoms with van der Waals surface area (Å²) >= 11 is 11.4. The Morgan fingerprint density at radius 2 is 2.21 bits per heavy atom. The highest BCUT2D eigenvalue weighted by atomic mass is 35.5. The minimum Gasteiger partial charge on any atom is -0.386 e. The first-order valence-electron chi connectivity index (χ1n) is 4.34. The van der Waals surface area contributed by atoms with Crippen molar-refractivity contribution in [1.82, 2.24) is 0 Å². The molecule has 0 bridgehead atoms. The lowest BCUT2D eigenvalue weighted by atomic mass is 10.1. The van der Waals surface area contributed by atoms with Gasteiger partial charge in [0.25, 0.3) is 0 Å². The Balaban J connectivity index is 3.11. The molecule has 0 aliphatic carbocycles. The quantitative estimate of drug-likeness (QED) is 0.484. The van der Waals surface area contributed by atoms with Gasteiger partial charge in [-0.05, 0) is 24.1 Å². The molecule has 4 heteroatoms. The van der Waals surface area contributed by atoms with E-state index < -0.39 is 0 Å². The number of aryl methyl sites for hydroxylation is 1. The van der Waals surface area contributed by atoms with Crippen LogP contribution in [0.25, 0.3) is 0 Å². The van der Waals surface area contributed by atoms with Crippen molar-refractivity contribution < 1.29 is 0 Å². The van der Waals surface area contributed by atoms with Crippen LogP contribution in [0.1, 0.15) is 12.5 Å². The van der Waals surface area contributed by atoms with Crippen molar-refractivity contribution >= 4 is 34.7 Å². The summed E-state index contributed by atoms with van der Waals surface area (Å²) in [5.41, 5.74) is 7.47. The van der Waals surface area contributed by atoms with Gasteiger partial charge in [-0.25, -0.2) is 4.99 Å². The van der Waals surface area contributed by atoms with Gasteiger partial charge in [0.2, 0.25) is 0 Å². The van der Waals surface area contributed by atoms with E-state index in [0.717, 1.165) is 17.7 Å². The molecule has 0 fully saturated rings. The smallest absolute Gasteiger partial charge is 0.115 e. The fourth-order valence-corrected chi connectivity index (χ4v) is 1.35. The molecule has 0 heterocycles. The number of hydrogen-bond donors (Lipinski definition) is 1. The number of nitrogens with zero attached hydrogens (tertiary/aromatic N) is 1. The van der Waals surface area contributed by atoms with Crippen LogP contribution in [0.2, 0.25) is 5.02 Å². The average Bonchev–Trinajstić information content (AvgIpc) is 2.18. The van der Waals surface area contributed by atoms with Gasteiger partial charge in [-0.3, -0.25) is 0 Å². The molecule has 0 unspecified atom stereocenters. The van der Waals surface area contributed by atoms with E-state index in [2.05, 4.69) is 11.9 Å². The Morgan fingerprint density at radius 3 is 2.79 bits per heavy atom. The Bertz CT molecular complexity index is 348. The van der Waals surface area contributed by atoms with Crippen molar-refractivity contribution in [1.29, 1.82) is 0 Å². The third-order valence-corrected chi connectivity index (χ3v) is 2.34. The zero-order valence-corrected chi connectivity index (χ0v) is 9.44. The fraction of sp³-hybridized carbons (Fsp3) is 0.300. The number of rotatable bonds is 3. The second-order valence-electron chi connectivity index (χ2n) is 2.86. The predicted octanol–water partition coefficient (Wildman–Crippen LogP) is 3.13. The molecule has 0 aliphatic rings. The molecule has 0 radical (unpaired) electrons. The maximum Gasteiger partial charge on any atom is 0.115 e. The molecule has 0 spiro atoms. The molecule has 2 nitrogen and oxygen atoms in total. The molecule has 1 aromatic carbocycles. The summed E-state index contributed by atoms with van der Waals surface area (Å²) < 4.78 is 0. The SMILES string of the molecule is CCc1ccc(Cl)cc1N=C(N)CCl. The number of hydrogen-bond acceptors (Lipinski definition) is 1. The molecule has 0 aromatic heterocycles. The average molecular weight is 231 g/mol. The largest absolute Gasteiger partial charge is 0.386 e. The van der Waals surface area contributed by atoms with Crippen molar-refractivity contribution in [2.75, 3.05) is 5.88 Å². The lowest BCUT2D eigenvalue weighted by Gasteiger charge is -2.04. The van der Waals surface area contributed by atoms with Gasteiger partial charge in [-0.2, -0.15) is 0 Å². The van der Waals surface area contributed by atoms with Crippen LogP contribution in [0.15, 0.2) is 23.2 Å². The topological polar surface area (TPSA) is 38.4 Å². The van der Waals surface area contributed by atoms with Crippen LogP contribution in [-0.4, -0.2) is 11.7 Å². The number of nitrogens with two attached hydrogens (primary N) is 1. The molecule has 2 N–H and O–H groups in total. The van der Waals surface area contributed by atoms with Crippen LogP contribution in [0, 0.1) is 0 Å². The number of benzene rings is 1. The lowest BCUT2D eigenvalue weighted by molar-refractivity contribution is 1.13. The third-order valence-electron chi connectivity index (χ3n) is 1.83. The summed E-state index contributed by atoms with van der Waals surface area (Å²) in [6, 6.07) is 5.58. The molecule has 0 saturated heterocycles. The van der Waals surface area contributed by atoms with Crippen LogP contribution < -0.4 is 5.73 Å². The van der Waals surface area contributed by atoms with Crippen molar-refractivity contribution in [2.45, 2.75) is 13.3 Å². The Kier molecular flexibility index (Phi) is 4.23. The van der Waals surface area contributed by atoms with E-state index in [1.807, 2.05) is 12.1 Å². The number of aliphatic imine (C=N–C) groups is 1. The van der Waals surface area contributed by atoms with Gasteiger partial charge in [0.15, 0.2) is 0 Å². The second kappa shape index (κ2) is 5.23. The van der Waals surface area contributed by atoms with Crippen LogP contribution in [-0.2, 0) is 6.42 Å². The molecule has 76 valence electrons. The third kappa shape index (κ3) is 2.89. The number of alkyl halides is 1. The highest BCUT2D eigenvalue weighted by Gasteiger charge is 2.01. The van der Waals surface area contributed by atoms with Gasteiger partial charge in [0.05, 0.1) is 11.6 Å². The molecular weight excluding hydrogens is 219 g/mol. The van der Waals surface area contributed by atoms with E-state index >= 15 is 0 Å². The van der Waals surface area contributed by atoms with Crippen molar-refractivity contribution in [2.24, 2.45) is 10.7 Å². The van der Waals surface area contributed by atoms with Crippen molar-refractivity contribution in [3.63, 3.8) is 0 Å². The van der Waals surface area contributed by atoms with E-state index in [4.69, 9.17) is 28.9 Å². The Hall–Kier alpha value is -0.730. The molecule has 0 aliphatic heterocycles. The fourth-order valence-electron chi connectivity index (χ4n) is 1.12. The summed E-state index contributed by atoms with van der Waals surface area (Å²) in [6.07, 6.45) is 0.894. The molecule has 0 saturated carbocycles. The molecule has 0 atom stereocenters. The monoisotopic (exact) mass is 230 g/mol. The Labute approximate surface area is 93.7 Å². The summed E-state index contributed by atoms with van der Waals surface area (Å²) in [4.78, 5) is 4.19. The summed E-state index contributed by atoms with van der Waals surface area (Å²) in [7, 11) is 0. The van der Waals surface area contributed by atoms with E-state index in [1.54, 1.807) is 6.07 Å². The maximum atomic E-state index is 5.86. The molecule has 1 aromatic rings. The second-order valence-corrected chi connectivity index (χ2v) is 3.57.